The number of para-hydroxylation sites is 1. The van der Waals surface area contributed by atoms with Crippen LogP contribution < -0.4 is 20.8 Å². The maximum Gasteiger partial charge on any atom is 0.329 e. The quantitative estimate of drug-likeness (QED) is 0.269. The molecule has 3 rings (SSSR count). The second-order valence-electron chi connectivity index (χ2n) is 7.00. The van der Waals surface area contributed by atoms with Crippen molar-refractivity contribution in [3.8, 4) is 5.75 Å². The summed E-state index contributed by atoms with van der Waals surface area (Å²) < 4.78 is 18.5. The van der Waals surface area contributed by atoms with Crippen LogP contribution in [0.2, 0.25) is 5.02 Å². The molecule has 0 heterocycles. The topological polar surface area (TPSA) is 109 Å². The summed E-state index contributed by atoms with van der Waals surface area (Å²) in [6.07, 6.45) is 1.28. The van der Waals surface area contributed by atoms with Crippen LogP contribution in [0.1, 0.15) is 11.1 Å². The molecular formula is C24H20ClFN4O4. The van der Waals surface area contributed by atoms with Crippen molar-refractivity contribution >= 4 is 46.9 Å². The van der Waals surface area contributed by atoms with Gasteiger partial charge in [-0.05, 0) is 61.0 Å². The molecule has 0 aliphatic carbocycles. The van der Waals surface area contributed by atoms with Gasteiger partial charge in [-0.15, -0.1) is 0 Å². The number of benzene rings is 3. The predicted molar refractivity (Wildman–Crippen MR) is 128 cm³/mol. The number of nitrogens with one attached hydrogen (secondary N) is 3. The largest absolute Gasteiger partial charge is 0.483 e. The van der Waals surface area contributed by atoms with Crippen LogP contribution >= 0.6 is 11.6 Å². The van der Waals surface area contributed by atoms with Crippen LogP contribution in [0.5, 0.6) is 5.75 Å². The Hall–Kier alpha value is -4.24. The van der Waals surface area contributed by atoms with Crippen molar-refractivity contribution in [3.63, 3.8) is 0 Å². The summed E-state index contributed by atoms with van der Waals surface area (Å²) in [5.74, 6) is -2.43. The molecule has 0 aliphatic rings. The SMILES string of the molecule is Cc1ccc(NC(=O)C(=O)N/N=C\c2ccccc2OCC(=O)Nc2ccc(F)cc2)cc1Cl. The summed E-state index contributed by atoms with van der Waals surface area (Å²) in [5, 5.41) is 9.24. The van der Waals surface area contributed by atoms with Gasteiger partial charge in [-0.1, -0.05) is 29.8 Å². The fraction of sp³-hybridized carbons (Fsp3) is 0.0833. The van der Waals surface area contributed by atoms with E-state index in [1.165, 1.54) is 36.5 Å². The molecule has 0 aliphatic heterocycles. The first kappa shape index (κ1) is 24.4. The van der Waals surface area contributed by atoms with E-state index in [0.29, 0.717) is 27.7 Å². The molecule has 174 valence electrons. The smallest absolute Gasteiger partial charge is 0.329 e. The molecule has 3 aromatic rings. The van der Waals surface area contributed by atoms with Gasteiger partial charge in [0.2, 0.25) is 0 Å². The monoisotopic (exact) mass is 482 g/mol. The Morgan fingerprint density at radius 1 is 0.971 bits per heavy atom. The maximum atomic E-state index is 13.0. The van der Waals surface area contributed by atoms with E-state index in [1.54, 1.807) is 36.4 Å². The van der Waals surface area contributed by atoms with Crippen molar-refractivity contribution in [3.05, 3.63) is 88.7 Å². The molecule has 0 unspecified atom stereocenters. The summed E-state index contributed by atoms with van der Waals surface area (Å²) in [7, 11) is 0. The van der Waals surface area contributed by atoms with Crippen LogP contribution in [0, 0.1) is 12.7 Å². The molecule has 10 heteroatoms. The third kappa shape index (κ3) is 7.14. The molecule has 8 nitrogen and oxygen atoms in total. The van der Waals surface area contributed by atoms with Crippen LogP contribution in [-0.4, -0.2) is 30.5 Å². The van der Waals surface area contributed by atoms with Gasteiger partial charge in [0, 0.05) is 22.0 Å². The van der Waals surface area contributed by atoms with Gasteiger partial charge < -0.3 is 15.4 Å². The lowest BCUT2D eigenvalue weighted by Gasteiger charge is -2.09. The number of hydrogen-bond acceptors (Lipinski definition) is 5. The van der Waals surface area contributed by atoms with E-state index in [4.69, 9.17) is 16.3 Å². The van der Waals surface area contributed by atoms with Crippen molar-refractivity contribution in [1.82, 2.24) is 5.43 Å². The summed E-state index contributed by atoms with van der Waals surface area (Å²) in [6.45, 7) is 1.50. The third-order valence-corrected chi connectivity index (χ3v) is 4.82. The normalized spacial score (nSPS) is 10.6. The molecule has 0 bridgehead atoms. The molecule has 3 amide bonds. The molecule has 0 atom stereocenters. The summed E-state index contributed by atoms with van der Waals surface area (Å²) in [6, 6.07) is 16.9. The molecule has 0 saturated heterocycles. The second kappa shape index (κ2) is 11.6. The zero-order chi connectivity index (χ0) is 24.5. The zero-order valence-electron chi connectivity index (χ0n) is 18.0. The first-order chi connectivity index (χ1) is 16.3. The van der Waals surface area contributed by atoms with E-state index in [-0.39, 0.29) is 6.61 Å². The van der Waals surface area contributed by atoms with Gasteiger partial charge in [0.1, 0.15) is 11.6 Å². The Morgan fingerprint density at radius 3 is 2.41 bits per heavy atom. The van der Waals surface area contributed by atoms with E-state index in [0.717, 1.165) is 5.56 Å². The number of hydrazone groups is 1. The predicted octanol–water partition coefficient (Wildman–Crippen LogP) is 3.89. The van der Waals surface area contributed by atoms with Crippen molar-refractivity contribution in [2.75, 3.05) is 17.2 Å². The van der Waals surface area contributed by atoms with E-state index in [2.05, 4.69) is 21.2 Å². The Bertz CT molecular complexity index is 1230. The highest BCUT2D eigenvalue weighted by Gasteiger charge is 2.13. The Morgan fingerprint density at radius 2 is 1.68 bits per heavy atom. The van der Waals surface area contributed by atoms with E-state index < -0.39 is 23.5 Å². The number of hydrogen-bond donors (Lipinski definition) is 3. The number of nitrogens with zero attached hydrogens (tertiary/aromatic N) is 1. The minimum absolute atomic E-state index is 0.309. The number of carbonyl (C=O) groups excluding carboxylic acids is 3. The van der Waals surface area contributed by atoms with Gasteiger partial charge in [-0.3, -0.25) is 14.4 Å². The number of amides is 3. The summed E-state index contributed by atoms with van der Waals surface area (Å²) >= 11 is 6.01. The zero-order valence-corrected chi connectivity index (χ0v) is 18.7. The Balaban J connectivity index is 1.53. The molecule has 0 spiro atoms. The molecule has 34 heavy (non-hydrogen) atoms. The van der Waals surface area contributed by atoms with Crippen molar-refractivity contribution in [1.29, 1.82) is 0 Å². The lowest BCUT2D eigenvalue weighted by atomic mass is 10.2. The van der Waals surface area contributed by atoms with Gasteiger partial charge in [0.05, 0.1) is 6.21 Å². The lowest BCUT2D eigenvalue weighted by molar-refractivity contribution is -0.136. The summed E-state index contributed by atoms with van der Waals surface area (Å²) in [4.78, 5) is 36.1. The van der Waals surface area contributed by atoms with E-state index >= 15 is 0 Å². The minimum atomic E-state index is -0.981. The number of halogens is 2. The fourth-order valence-electron chi connectivity index (χ4n) is 2.66. The standard InChI is InChI=1S/C24H20ClFN4O4/c1-15-6-9-19(12-20(15)25)29-23(32)24(33)30-27-13-16-4-2-3-5-21(16)34-14-22(31)28-18-10-7-17(26)8-11-18/h2-13H,14H2,1H3,(H,28,31)(H,29,32)(H,30,33)/b27-13-. The number of rotatable bonds is 7. The molecule has 3 N–H and O–H groups in total. The molecule has 3 aromatic carbocycles. The van der Waals surface area contributed by atoms with E-state index in [1.807, 2.05) is 6.92 Å². The average molecular weight is 483 g/mol. The Kier molecular flexibility index (Phi) is 8.31. The molecular weight excluding hydrogens is 463 g/mol. The van der Waals surface area contributed by atoms with Crippen LogP contribution in [-0.2, 0) is 14.4 Å². The number of ether oxygens (including phenoxy) is 1. The highest BCUT2D eigenvalue weighted by atomic mass is 35.5. The number of aryl methyl sites for hydroxylation is 1. The van der Waals surface area contributed by atoms with Gasteiger partial charge in [-0.2, -0.15) is 5.10 Å². The first-order valence-corrected chi connectivity index (χ1v) is 10.4. The van der Waals surface area contributed by atoms with E-state index in [9.17, 15) is 18.8 Å². The highest BCUT2D eigenvalue weighted by Crippen LogP contribution is 2.20. The van der Waals surface area contributed by atoms with Gasteiger partial charge in [-0.25, -0.2) is 9.82 Å². The molecule has 0 fully saturated rings. The highest BCUT2D eigenvalue weighted by molar-refractivity contribution is 6.39. The third-order valence-electron chi connectivity index (χ3n) is 4.41. The fourth-order valence-corrected chi connectivity index (χ4v) is 2.84. The van der Waals surface area contributed by atoms with Gasteiger partial charge in [0.15, 0.2) is 6.61 Å². The van der Waals surface area contributed by atoms with Crippen molar-refractivity contribution in [2.45, 2.75) is 6.92 Å². The number of anilines is 2. The molecule has 0 saturated carbocycles. The van der Waals surface area contributed by atoms with Crippen molar-refractivity contribution in [2.24, 2.45) is 5.10 Å². The average Bonchev–Trinajstić information content (AvgIpc) is 2.82. The molecule has 0 aromatic heterocycles. The summed E-state index contributed by atoms with van der Waals surface area (Å²) in [5.41, 5.74) is 4.23. The number of carbonyl (C=O) groups is 3. The first-order valence-electron chi connectivity index (χ1n) is 9.99. The van der Waals surface area contributed by atoms with Crippen molar-refractivity contribution < 1.29 is 23.5 Å². The van der Waals surface area contributed by atoms with Crippen LogP contribution in [0.25, 0.3) is 0 Å². The van der Waals surface area contributed by atoms with Gasteiger partial charge in [0.25, 0.3) is 5.91 Å². The minimum Gasteiger partial charge on any atom is -0.483 e. The van der Waals surface area contributed by atoms with Gasteiger partial charge >= 0.3 is 11.8 Å². The maximum absolute atomic E-state index is 13.0. The lowest BCUT2D eigenvalue weighted by Crippen LogP contribution is -2.32. The second-order valence-corrected chi connectivity index (χ2v) is 7.41. The molecule has 0 radical (unpaired) electrons. The van der Waals surface area contributed by atoms with Crippen LogP contribution in [0.4, 0.5) is 15.8 Å². The van der Waals surface area contributed by atoms with Crippen LogP contribution in [0.3, 0.4) is 0 Å². The van der Waals surface area contributed by atoms with Crippen LogP contribution in [0.15, 0.2) is 71.8 Å². The Labute approximate surface area is 199 Å².